The molecule has 0 saturated carbocycles. The van der Waals surface area contributed by atoms with Crippen LogP contribution in [0.2, 0.25) is 0 Å². The Morgan fingerprint density at radius 1 is 1.03 bits per heavy atom. The van der Waals surface area contributed by atoms with Crippen molar-refractivity contribution in [3.05, 3.63) is 93.4 Å². The summed E-state index contributed by atoms with van der Waals surface area (Å²) in [6, 6.07) is 17.4. The number of amides is 1. The number of aliphatic hydroxyl groups is 1. The van der Waals surface area contributed by atoms with Crippen LogP contribution >= 0.6 is 11.8 Å². The summed E-state index contributed by atoms with van der Waals surface area (Å²) in [5.74, 6) is -0.252. The maximum atomic E-state index is 13.2. The van der Waals surface area contributed by atoms with E-state index in [2.05, 4.69) is 24.3 Å². The first-order valence-electron chi connectivity index (χ1n) is 10.5. The summed E-state index contributed by atoms with van der Waals surface area (Å²) in [6.45, 7) is 1.76. The van der Waals surface area contributed by atoms with Crippen LogP contribution in [0.3, 0.4) is 0 Å². The Labute approximate surface area is 189 Å². The molecular weight excluding hydrogens is 426 g/mol. The van der Waals surface area contributed by atoms with E-state index in [4.69, 9.17) is 0 Å². The fraction of sp³-hybridized carbons (Fsp3) is 0.250. The third-order valence-electron chi connectivity index (χ3n) is 6.15. The molecule has 5 rings (SSSR count). The van der Waals surface area contributed by atoms with Gasteiger partial charge in [-0.1, -0.05) is 42.5 Å². The highest BCUT2D eigenvalue weighted by Gasteiger charge is 2.42. The van der Waals surface area contributed by atoms with E-state index < -0.39 is 23.3 Å². The molecule has 0 aliphatic carbocycles. The van der Waals surface area contributed by atoms with Crippen molar-refractivity contribution in [1.82, 2.24) is 9.58 Å². The first kappa shape index (κ1) is 20.7. The van der Waals surface area contributed by atoms with Crippen LogP contribution in [0, 0.1) is 0 Å². The summed E-state index contributed by atoms with van der Waals surface area (Å²) in [5.41, 5.74) is 2.66. The molecule has 2 N–H and O–H groups in total. The van der Waals surface area contributed by atoms with E-state index in [1.165, 1.54) is 16.5 Å². The zero-order chi connectivity index (χ0) is 22.4. The van der Waals surface area contributed by atoms with Crippen molar-refractivity contribution in [3.63, 3.8) is 0 Å². The monoisotopic (exact) mass is 449 g/mol. The second kappa shape index (κ2) is 8.03. The van der Waals surface area contributed by atoms with Gasteiger partial charge < -0.3 is 15.1 Å². The Morgan fingerprint density at radius 2 is 1.75 bits per heavy atom. The molecule has 0 saturated heterocycles. The minimum absolute atomic E-state index is 0.0871. The van der Waals surface area contributed by atoms with Crippen LogP contribution in [0.25, 0.3) is 0 Å². The van der Waals surface area contributed by atoms with E-state index in [-0.39, 0.29) is 24.9 Å². The average Bonchev–Trinajstić information content (AvgIpc) is 2.96. The number of pyridine rings is 1. The molecule has 2 atom stereocenters. The van der Waals surface area contributed by atoms with Crippen molar-refractivity contribution in [3.8, 4) is 5.75 Å². The van der Waals surface area contributed by atoms with Crippen LogP contribution in [0.15, 0.2) is 70.5 Å². The lowest BCUT2D eigenvalue weighted by Crippen LogP contribution is -2.61. The van der Waals surface area contributed by atoms with Gasteiger partial charge in [0, 0.05) is 29.5 Å². The lowest BCUT2D eigenvalue weighted by molar-refractivity contribution is 0.0526. The third kappa shape index (κ3) is 3.10. The van der Waals surface area contributed by atoms with E-state index in [0.717, 1.165) is 21.8 Å². The smallest absolute Gasteiger partial charge is 0.278 e. The number of thioether (sulfide) groups is 1. The summed E-state index contributed by atoms with van der Waals surface area (Å²) < 4.78 is 1.60. The van der Waals surface area contributed by atoms with Crippen LogP contribution < -0.4 is 10.4 Å². The lowest BCUT2D eigenvalue weighted by Gasteiger charge is -2.48. The van der Waals surface area contributed by atoms with Gasteiger partial charge in [-0.3, -0.25) is 19.3 Å². The van der Waals surface area contributed by atoms with E-state index in [9.17, 15) is 19.8 Å². The maximum absolute atomic E-state index is 13.2. The number of benzene rings is 2. The van der Waals surface area contributed by atoms with Crippen molar-refractivity contribution < 1.29 is 15.0 Å². The summed E-state index contributed by atoms with van der Waals surface area (Å²) in [7, 11) is 0. The SMILES string of the molecule is C[C@H]1N(CCO)C(=O)c2c(O)c(=O)ccn2N1[C@@H]1c2ccccc2CSc2ccccc21. The molecule has 2 aliphatic rings. The van der Waals surface area contributed by atoms with Crippen LogP contribution in [0.4, 0.5) is 0 Å². The van der Waals surface area contributed by atoms with Crippen molar-refractivity contribution in [1.29, 1.82) is 0 Å². The summed E-state index contributed by atoms with van der Waals surface area (Å²) in [6.07, 6.45) is 1.10. The van der Waals surface area contributed by atoms with Crippen LogP contribution in [0.5, 0.6) is 5.75 Å². The highest BCUT2D eigenvalue weighted by Crippen LogP contribution is 2.43. The predicted octanol–water partition coefficient (Wildman–Crippen LogP) is 2.68. The van der Waals surface area contributed by atoms with Crippen molar-refractivity contribution in [2.45, 2.75) is 29.8 Å². The number of aromatic nitrogens is 1. The van der Waals surface area contributed by atoms with Gasteiger partial charge in [0.1, 0.15) is 6.17 Å². The number of aromatic hydroxyl groups is 1. The second-order valence-corrected chi connectivity index (χ2v) is 8.90. The largest absolute Gasteiger partial charge is 0.502 e. The minimum Gasteiger partial charge on any atom is -0.502 e. The number of aliphatic hydroxyl groups excluding tert-OH is 1. The topological polar surface area (TPSA) is 86.0 Å². The lowest BCUT2D eigenvalue weighted by atomic mass is 9.93. The Hall–Kier alpha value is -3.23. The molecule has 2 aliphatic heterocycles. The normalized spacial score (nSPS) is 19.8. The van der Waals surface area contributed by atoms with Crippen molar-refractivity contribution in [2.24, 2.45) is 0 Å². The zero-order valence-corrected chi connectivity index (χ0v) is 18.3. The molecule has 32 heavy (non-hydrogen) atoms. The molecule has 1 aromatic heterocycles. The molecule has 0 radical (unpaired) electrons. The molecule has 0 spiro atoms. The van der Waals surface area contributed by atoms with E-state index in [0.29, 0.717) is 0 Å². The van der Waals surface area contributed by atoms with Gasteiger partial charge in [0.05, 0.1) is 12.6 Å². The molecule has 7 nitrogen and oxygen atoms in total. The standard InChI is InChI=1S/C24H23N3O4S/c1-15-25(12-13-28)24(31)22-23(30)19(29)10-11-26(22)27(15)21-17-7-3-2-6-16(17)14-32-20-9-5-4-8-18(20)21/h2-11,15,21,28,30H,12-14H2,1H3/t15-,21+/m0/s1. The Morgan fingerprint density at radius 3 is 2.53 bits per heavy atom. The average molecular weight is 450 g/mol. The first-order chi connectivity index (χ1) is 15.5. The fourth-order valence-electron chi connectivity index (χ4n) is 4.65. The number of rotatable bonds is 3. The van der Waals surface area contributed by atoms with Gasteiger partial charge in [-0.15, -0.1) is 11.8 Å². The Kier molecular flexibility index (Phi) is 5.19. The number of β-amino-alcohol motifs (C(OH)–C–C–N with tert-alkyl or cyclic N) is 1. The van der Waals surface area contributed by atoms with Crippen molar-refractivity contribution >= 4 is 17.7 Å². The van der Waals surface area contributed by atoms with Gasteiger partial charge in [-0.2, -0.15) is 0 Å². The molecule has 0 unspecified atom stereocenters. The van der Waals surface area contributed by atoms with E-state index >= 15 is 0 Å². The van der Waals surface area contributed by atoms with E-state index in [1.54, 1.807) is 22.6 Å². The molecule has 1 amide bonds. The number of hydrogen-bond donors (Lipinski definition) is 2. The van der Waals surface area contributed by atoms with E-state index in [1.807, 2.05) is 36.2 Å². The molecule has 164 valence electrons. The van der Waals surface area contributed by atoms with Crippen LogP contribution in [-0.4, -0.2) is 45.0 Å². The number of nitrogens with zero attached hydrogens (tertiary/aromatic N) is 3. The molecule has 2 aromatic carbocycles. The molecule has 3 aromatic rings. The van der Waals surface area contributed by atoms with Crippen molar-refractivity contribution in [2.75, 3.05) is 18.2 Å². The number of hydrogen-bond acceptors (Lipinski definition) is 6. The number of carbonyl (C=O) groups excluding carboxylic acids is 1. The highest BCUT2D eigenvalue weighted by atomic mass is 32.2. The van der Waals surface area contributed by atoms with Gasteiger partial charge in [-0.05, 0) is 29.7 Å². The highest BCUT2D eigenvalue weighted by molar-refractivity contribution is 7.98. The van der Waals surface area contributed by atoms with Crippen LogP contribution in [0.1, 0.15) is 40.1 Å². The third-order valence-corrected chi connectivity index (χ3v) is 7.29. The summed E-state index contributed by atoms with van der Waals surface area (Å²) in [4.78, 5) is 28.1. The van der Waals surface area contributed by atoms with Gasteiger partial charge in [0.15, 0.2) is 11.4 Å². The molecule has 0 fully saturated rings. The summed E-state index contributed by atoms with van der Waals surface area (Å²) in [5, 5.41) is 22.2. The first-order valence-corrected chi connectivity index (χ1v) is 11.5. The second-order valence-electron chi connectivity index (χ2n) is 7.88. The summed E-state index contributed by atoms with van der Waals surface area (Å²) >= 11 is 1.76. The minimum atomic E-state index is -0.611. The number of fused-ring (bicyclic) bond motifs is 3. The van der Waals surface area contributed by atoms with Gasteiger partial charge >= 0.3 is 0 Å². The Bertz CT molecular complexity index is 1210. The van der Waals surface area contributed by atoms with Gasteiger partial charge in [0.25, 0.3) is 5.91 Å². The van der Waals surface area contributed by atoms with Gasteiger partial charge in [-0.25, -0.2) is 0 Å². The molecule has 8 heteroatoms. The fourth-order valence-corrected chi connectivity index (χ4v) is 5.75. The Balaban J connectivity index is 1.81. The van der Waals surface area contributed by atoms with Gasteiger partial charge in [0.2, 0.25) is 5.43 Å². The maximum Gasteiger partial charge on any atom is 0.278 e. The molecule has 3 heterocycles. The van der Waals surface area contributed by atoms with Crippen LogP contribution in [-0.2, 0) is 5.75 Å². The number of carbonyl (C=O) groups is 1. The molecule has 0 bridgehead atoms. The predicted molar refractivity (Wildman–Crippen MR) is 122 cm³/mol. The quantitative estimate of drug-likeness (QED) is 0.640. The molecular formula is C24H23N3O4S. The zero-order valence-electron chi connectivity index (χ0n) is 17.5.